The monoisotopic (exact) mass is 330 g/mol. The van der Waals surface area contributed by atoms with E-state index in [0.29, 0.717) is 0 Å². The molecule has 0 aliphatic rings. The largest absolute Gasteiger partial charge is 0.413 e. The molecule has 0 radical (unpaired) electrons. The fourth-order valence-corrected chi connectivity index (χ4v) is 4.87. The Morgan fingerprint density at radius 3 is 1.22 bits per heavy atom. The first kappa shape index (κ1) is 19.0. The molecule has 0 atom stereocenters. The van der Waals surface area contributed by atoms with Crippen LogP contribution in [0.5, 0.6) is 0 Å². The molecule has 110 valence electrons. The van der Waals surface area contributed by atoms with Crippen LogP contribution >= 0.6 is 21.6 Å². The summed E-state index contributed by atoms with van der Waals surface area (Å²) in [5.74, 6) is 1.78. The van der Waals surface area contributed by atoms with Crippen LogP contribution in [0.3, 0.4) is 0 Å². The Labute approximate surface area is 121 Å². The van der Waals surface area contributed by atoms with E-state index < -0.39 is 18.6 Å². The molecule has 4 nitrogen and oxygen atoms in total. The van der Waals surface area contributed by atoms with Crippen LogP contribution < -0.4 is 0 Å². The van der Waals surface area contributed by atoms with Gasteiger partial charge >= 0.3 is 18.6 Å². The zero-order valence-corrected chi connectivity index (χ0v) is 15.5. The van der Waals surface area contributed by atoms with Crippen molar-refractivity contribution in [3.63, 3.8) is 0 Å². The normalized spacial score (nSPS) is 13.7. The molecule has 4 N–H and O–H groups in total. The van der Waals surface area contributed by atoms with Crippen molar-refractivity contribution in [3.8, 4) is 0 Å². The molecule has 0 aromatic rings. The Balaban J connectivity index is 3.65. The maximum Gasteiger partial charge on any atom is 0.321 e. The van der Waals surface area contributed by atoms with E-state index in [1.54, 1.807) is 21.6 Å². The highest BCUT2D eigenvalue weighted by Gasteiger charge is 2.29. The third-order valence-electron chi connectivity index (χ3n) is 3.14. The summed E-state index contributed by atoms with van der Waals surface area (Å²) in [6.07, 6.45) is 1.60. The molecule has 0 fully saturated rings. The predicted molar refractivity (Wildman–Crippen MR) is 85.4 cm³/mol. The van der Waals surface area contributed by atoms with E-state index in [9.17, 15) is 19.2 Å². The van der Waals surface area contributed by atoms with Crippen LogP contribution in [0, 0.1) is 0 Å². The first-order valence-corrected chi connectivity index (χ1v) is 11.8. The molecule has 0 unspecified atom stereocenters. The van der Waals surface area contributed by atoms with Crippen molar-refractivity contribution < 1.29 is 19.2 Å². The summed E-state index contributed by atoms with van der Waals surface area (Å²) in [6, 6.07) is 0. The van der Waals surface area contributed by atoms with E-state index in [2.05, 4.69) is 0 Å². The lowest BCUT2D eigenvalue weighted by atomic mass is 10.1. The van der Waals surface area contributed by atoms with Gasteiger partial charge in [-0.2, -0.15) is 0 Å². The summed E-state index contributed by atoms with van der Waals surface area (Å²) in [7, 11) is -1.69. The van der Waals surface area contributed by atoms with Crippen molar-refractivity contribution in [2.75, 3.05) is 11.5 Å². The van der Waals surface area contributed by atoms with Gasteiger partial charge in [-0.15, -0.1) is 0 Å². The van der Waals surface area contributed by atoms with Crippen LogP contribution in [0.2, 0.25) is 10.1 Å². The first-order chi connectivity index (χ1) is 8.09. The van der Waals surface area contributed by atoms with Crippen molar-refractivity contribution >= 4 is 40.2 Å². The third-order valence-corrected chi connectivity index (χ3v) is 8.92. The zero-order chi connectivity index (χ0) is 14.4. The average molecular weight is 331 g/mol. The fraction of sp³-hybridized carbons (Fsp3) is 1.00. The highest BCUT2D eigenvalue weighted by atomic mass is 33.1. The standard InChI is InChI=1S/C10H26O4S2Si2/c1-9(2,17(11)12)5-7-15-16-8-6-10(3,4)18(13)14/h11-14,17-18H,5-8H2,1-4H3. The minimum atomic E-state index is -2.56. The lowest BCUT2D eigenvalue weighted by Crippen LogP contribution is -2.28. The van der Waals surface area contributed by atoms with Crippen molar-refractivity contribution in [3.05, 3.63) is 0 Å². The Bertz CT molecular complexity index is 214. The summed E-state index contributed by atoms with van der Waals surface area (Å²) >= 11 is 0. The summed E-state index contributed by atoms with van der Waals surface area (Å²) in [5, 5.41) is -0.665. The smallest absolute Gasteiger partial charge is 0.321 e. The molecule has 0 bridgehead atoms. The summed E-state index contributed by atoms with van der Waals surface area (Å²) in [6.45, 7) is 7.58. The molecule has 0 aromatic heterocycles. The maximum atomic E-state index is 9.28. The minimum Gasteiger partial charge on any atom is -0.413 e. The Hall–Kier alpha value is 0.974. The second kappa shape index (κ2) is 8.30. The van der Waals surface area contributed by atoms with Gasteiger partial charge in [0.1, 0.15) is 0 Å². The predicted octanol–water partition coefficient (Wildman–Crippen LogP) is 1.12. The summed E-state index contributed by atoms with van der Waals surface area (Å²) in [4.78, 5) is 37.1. The Morgan fingerprint density at radius 2 is 1.00 bits per heavy atom. The number of rotatable bonds is 9. The molecule has 18 heavy (non-hydrogen) atoms. The number of hydrogen-bond acceptors (Lipinski definition) is 6. The molecule has 0 aromatic carbocycles. The third kappa shape index (κ3) is 7.54. The maximum absolute atomic E-state index is 9.28. The highest BCUT2D eigenvalue weighted by molar-refractivity contribution is 8.76. The van der Waals surface area contributed by atoms with Gasteiger partial charge in [0.2, 0.25) is 0 Å². The van der Waals surface area contributed by atoms with E-state index in [-0.39, 0.29) is 10.1 Å². The highest BCUT2D eigenvalue weighted by Crippen LogP contribution is 2.37. The van der Waals surface area contributed by atoms with Crippen molar-refractivity contribution in [2.24, 2.45) is 0 Å². The van der Waals surface area contributed by atoms with Crippen LogP contribution in [0.25, 0.3) is 0 Å². The van der Waals surface area contributed by atoms with Crippen LogP contribution in [0.1, 0.15) is 40.5 Å². The minimum absolute atomic E-state index is 0.332. The average Bonchev–Trinajstić information content (AvgIpc) is 2.22. The molecular formula is C10H26O4S2Si2. The van der Waals surface area contributed by atoms with Crippen molar-refractivity contribution in [1.29, 1.82) is 0 Å². The van der Waals surface area contributed by atoms with Gasteiger partial charge in [0.05, 0.1) is 0 Å². The zero-order valence-electron chi connectivity index (χ0n) is 11.6. The van der Waals surface area contributed by atoms with E-state index >= 15 is 0 Å². The van der Waals surface area contributed by atoms with Gasteiger partial charge in [-0.1, -0.05) is 49.3 Å². The molecule has 0 rings (SSSR count). The Morgan fingerprint density at radius 1 is 0.722 bits per heavy atom. The lowest BCUT2D eigenvalue weighted by Gasteiger charge is -2.25. The summed E-state index contributed by atoms with van der Waals surface area (Å²) in [5.41, 5.74) is 0. The van der Waals surface area contributed by atoms with Crippen LogP contribution in [0.15, 0.2) is 0 Å². The molecule has 0 saturated carbocycles. The van der Waals surface area contributed by atoms with Crippen LogP contribution in [-0.2, 0) is 0 Å². The molecule has 0 heterocycles. The van der Waals surface area contributed by atoms with E-state index in [0.717, 1.165) is 24.3 Å². The van der Waals surface area contributed by atoms with Crippen molar-refractivity contribution in [2.45, 2.75) is 50.6 Å². The van der Waals surface area contributed by atoms with Crippen LogP contribution in [-0.4, -0.2) is 49.3 Å². The van der Waals surface area contributed by atoms with Gasteiger partial charge < -0.3 is 19.2 Å². The van der Waals surface area contributed by atoms with E-state index in [1.165, 1.54) is 0 Å². The molecular weight excluding hydrogens is 304 g/mol. The van der Waals surface area contributed by atoms with Crippen molar-refractivity contribution in [1.82, 2.24) is 0 Å². The van der Waals surface area contributed by atoms with Gasteiger partial charge in [0.15, 0.2) is 0 Å². The van der Waals surface area contributed by atoms with Crippen LogP contribution in [0.4, 0.5) is 0 Å². The number of hydrogen-bond donors (Lipinski definition) is 4. The second-order valence-corrected chi connectivity index (χ2v) is 13.2. The fourth-order valence-electron chi connectivity index (χ4n) is 0.985. The lowest BCUT2D eigenvalue weighted by molar-refractivity contribution is 0.348. The van der Waals surface area contributed by atoms with E-state index in [1.807, 2.05) is 27.7 Å². The first-order valence-electron chi connectivity index (χ1n) is 6.06. The Kier molecular flexibility index (Phi) is 8.75. The van der Waals surface area contributed by atoms with E-state index in [4.69, 9.17) is 0 Å². The second-order valence-electron chi connectivity index (χ2n) is 5.87. The molecule has 0 saturated heterocycles. The molecule has 0 spiro atoms. The van der Waals surface area contributed by atoms with Gasteiger partial charge in [0, 0.05) is 21.6 Å². The topological polar surface area (TPSA) is 80.9 Å². The van der Waals surface area contributed by atoms with Gasteiger partial charge in [-0.05, 0) is 12.8 Å². The SMILES string of the molecule is CC(C)(CCSSCCC(C)(C)[SiH](O)O)[SiH](O)O. The van der Waals surface area contributed by atoms with Gasteiger partial charge in [-0.25, -0.2) is 0 Å². The molecule has 8 heteroatoms. The summed E-state index contributed by atoms with van der Waals surface area (Å²) < 4.78 is 0. The molecule has 0 amide bonds. The van der Waals surface area contributed by atoms with Gasteiger partial charge in [-0.3, -0.25) is 0 Å². The molecule has 0 aliphatic carbocycles. The quantitative estimate of drug-likeness (QED) is 0.288. The molecule has 0 aliphatic heterocycles. The van der Waals surface area contributed by atoms with Gasteiger partial charge in [0.25, 0.3) is 0 Å².